The van der Waals surface area contributed by atoms with Crippen LogP contribution in [0.3, 0.4) is 0 Å². The van der Waals surface area contributed by atoms with Crippen LogP contribution in [0.2, 0.25) is 0 Å². The van der Waals surface area contributed by atoms with Crippen LogP contribution in [-0.4, -0.2) is 89.8 Å². The van der Waals surface area contributed by atoms with Gasteiger partial charge >= 0.3 is 6.18 Å². The smallest absolute Gasteiger partial charge is 0.373 e. The molecule has 0 aliphatic carbocycles. The van der Waals surface area contributed by atoms with Crippen molar-refractivity contribution >= 4 is 29.5 Å². The molecule has 0 N–H and O–H groups in total. The van der Waals surface area contributed by atoms with Gasteiger partial charge in [-0.2, -0.15) is 13.2 Å². The molecule has 3 aromatic carbocycles. The molecule has 5 rings (SSSR count). The summed E-state index contributed by atoms with van der Waals surface area (Å²) in [7, 11) is 1.67. The number of amides is 3. The highest BCUT2D eigenvalue weighted by atomic mass is 19.4. The van der Waals surface area contributed by atoms with E-state index < -0.39 is 23.7 Å². The summed E-state index contributed by atoms with van der Waals surface area (Å²) in [6, 6.07) is 26.4. The second-order valence-corrected chi connectivity index (χ2v) is 12.9. The van der Waals surface area contributed by atoms with Crippen LogP contribution in [0.4, 0.5) is 18.9 Å². The van der Waals surface area contributed by atoms with Gasteiger partial charge in [-0.3, -0.25) is 19.4 Å². The van der Waals surface area contributed by atoms with Gasteiger partial charge in [0.25, 0.3) is 0 Å². The number of carbonyl (C=O) groups excluding carboxylic acids is 3. The highest BCUT2D eigenvalue weighted by Crippen LogP contribution is 2.29. The van der Waals surface area contributed by atoms with E-state index in [2.05, 4.69) is 9.88 Å². The Bertz CT molecular complexity index is 1810. The predicted molar refractivity (Wildman–Crippen MR) is 197 cm³/mol. The van der Waals surface area contributed by atoms with Crippen molar-refractivity contribution in [1.82, 2.24) is 19.7 Å². The second-order valence-electron chi connectivity index (χ2n) is 12.9. The third-order valence-corrected chi connectivity index (χ3v) is 9.18. The van der Waals surface area contributed by atoms with Gasteiger partial charge in [-0.15, -0.1) is 0 Å². The number of piperazine rings is 1. The molecule has 3 amide bonds. The van der Waals surface area contributed by atoms with Gasteiger partial charge < -0.3 is 24.3 Å². The minimum atomic E-state index is -4.48. The van der Waals surface area contributed by atoms with Crippen LogP contribution in [0.1, 0.15) is 34.9 Å². The lowest BCUT2D eigenvalue weighted by Crippen LogP contribution is -2.51. The van der Waals surface area contributed by atoms with E-state index in [4.69, 9.17) is 4.74 Å². The Labute approximate surface area is 308 Å². The number of hydrogen-bond donors (Lipinski definition) is 0. The molecule has 2 heterocycles. The molecule has 4 aromatic rings. The normalized spacial score (nSPS) is 13.9. The first-order chi connectivity index (χ1) is 25.5. The maximum atomic E-state index is 14.3. The molecule has 0 saturated carbocycles. The second kappa shape index (κ2) is 18.3. The molecule has 12 heteroatoms. The SMILES string of the molecule is CC(=O)N1CCN(c2ccc(CN(C(=O)C=Cc3ccc(C(F)(F)F)cc3)[C@@H](Cc3ccccc3)C(=O)N(C)CCOCc3ccccn3)cc2)CC1. The Kier molecular flexibility index (Phi) is 13.4. The van der Waals surface area contributed by atoms with E-state index in [1.165, 1.54) is 29.2 Å². The van der Waals surface area contributed by atoms with Crippen molar-refractivity contribution in [3.63, 3.8) is 0 Å². The number of likely N-dealkylation sites (N-methyl/N-ethyl adjacent to an activating group) is 1. The fraction of sp³-hybridized carbons (Fsp3) is 0.317. The summed E-state index contributed by atoms with van der Waals surface area (Å²) in [6.07, 6.45) is 0.195. The highest BCUT2D eigenvalue weighted by Gasteiger charge is 2.32. The first-order valence-electron chi connectivity index (χ1n) is 17.5. The van der Waals surface area contributed by atoms with Gasteiger partial charge in [-0.1, -0.05) is 60.7 Å². The first-order valence-corrected chi connectivity index (χ1v) is 17.5. The van der Waals surface area contributed by atoms with Gasteiger partial charge in [0.1, 0.15) is 6.04 Å². The van der Waals surface area contributed by atoms with E-state index in [-0.39, 0.29) is 44.5 Å². The number of nitrogens with zero attached hydrogens (tertiary/aromatic N) is 5. The molecule has 1 saturated heterocycles. The average Bonchev–Trinajstić information content (AvgIpc) is 3.17. The third kappa shape index (κ3) is 11.2. The molecule has 278 valence electrons. The Balaban J connectivity index is 1.38. The predicted octanol–water partition coefficient (Wildman–Crippen LogP) is 6.10. The Morgan fingerprint density at radius 1 is 0.868 bits per heavy atom. The van der Waals surface area contributed by atoms with Crippen LogP contribution >= 0.6 is 0 Å². The molecular weight excluding hydrogens is 683 g/mol. The van der Waals surface area contributed by atoms with Crippen molar-refractivity contribution in [2.45, 2.75) is 38.7 Å². The number of alkyl halides is 3. The molecule has 0 spiro atoms. The molecule has 0 radical (unpaired) electrons. The van der Waals surface area contributed by atoms with Crippen LogP contribution in [-0.2, 0) is 44.9 Å². The molecule has 1 aliphatic heterocycles. The fourth-order valence-electron chi connectivity index (χ4n) is 6.07. The Morgan fingerprint density at radius 2 is 1.55 bits per heavy atom. The zero-order chi connectivity index (χ0) is 37.8. The van der Waals surface area contributed by atoms with Gasteiger partial charge in [0.15, 0.2) is 0 Å². The molecule has 0 bridgehead atoms. The highest BCUT2D eigenvalue weighted by molar-refractivity contribution is 5.95. The number of aromatic nitrogens is 1. The van der Waals surface area contributed by atoms with Crippen LogP contribution in [0.15, 0.2) is 109 Å². The van der Waals surface area contributed by atoms with Gasteiger partial charge in [-0.25, -0.2) is 0 Å². The maximum absolute atomic E-state index is 14.3. The van der Waals surface area contributed by atoms with Gasteiger partial charge in [-0.05, 0) is 59.2 Å². The number of rotatable bonds is 14. The largest absolute Gasteiger partial charge is 0.416 e. The van der Waals surface area contributed by atoms with Crippen molar-refractivity contribution in [2.24, 2.45) is 0 Å². The molecule has 9 nitrogen and oxygen atoms in total. The third-order valence-electron chi connectivity index (χ3n) is 9.18. The van der Waals surface area contributed by atoms with Crippen molar-refractivity contribution in [2.75, 3.05) is 51.3 Å². The fourth-order valence-corrected chi connectivity index (χ4v) is 6.07. The van der Waals surface area contributed by atoms with E-state index in [0.29, 0.717) is 31.7 Å². The lowest BCUT2D eigenvalue weighted by atomic mass is 10.0. The van der Waals surface area contributed by atoms with E-state index in [1.807, 2.05) is 77.7 Å². The van der Waals surface area contributed by atoms with Gasteiger partial charge in [0.2, 0.25) is 17.7 Å². The topological polar surface area (TPSA) is 86.3 Å². The van der Waals surface area contributed by atoms with Gasteiger partial charge in [0, 0.05) is 77.6 Å². The summed E-state index contributed by atoms with van der Waals surface area (Å²) in [5, 5.41) is 0. The molecule has 1 atom stereocenters. The summed E-state index contributed by atoms with van der Waals surface area (Å²) >= 11 is 0. The molecule has 1 aromatic heterocycles. The van der Waals surface area contributed by atoms with Crippen molar-refractivity contribution in [3.8, 4) is 0 Å². The average molecular weight is 728 g/mol. The van der Waals surface area contributed by atoms with E-state index in [1.54, 1.807) is 25.1 Å². The van der Waals surface area contributed by atoms with E-state index in [0.717, 1.165) is 34.6 Å². The summed E-state index contributed by atoms with van der Waals surface area (Å²) in [4.78, 5) is 51.6. The molecule has 1 aliphatic rings. The quantitative estimate of drug-likeness (QED) is 0.115. The first kappa shape index (κ1) is 38.7. The summed E-state index contributed by atoms with van der Waals surface area (Å²) in [5.74, 6) is -0.700. The van der Waals surface area contributed by atoms with Crippen LogP contribution in [0.5, 0.6) is 0 Å². The number of anilines is 1. The maximum Gasteiger partial charge on any atom is 0.416 e. The summed E-state index contributed by atoms with van der Waals surface area (Å²) in [6.45, 7) is 5.15. The Hall–Kier alpha value is -5.49. The molecule has 0 unspecified atom stereocenters. The molecule has 53 heavy (non-hydrogen) atoms. The number of benzene rings is 3. The summed E-state index contributed by atoms with van der Waals surface area (Å²) in [5.41, 5.74) is 3.03. The number of carbonyl (C=O) groups is 3. The van der Waals surface area contributed by atoms with Crippen LogP contribution in [0.25, 0.3) is 6.08 Å². The number of pyridine rings is 1. The van der Waals surface area contributed by atoms with E-state index >= 15 is 0 Å². The monoisotopic (exact) mass is 727 g/mol. The van der Waals surface area contributed by atoms with Gasteiger partial charge in [0.05, 0.1) is 24.5 Å². The summed E-state index contributed by atoms with van der Waals surface area (Å²) < 4.78 is 45.3. The van der Waals surface area contributed by atoms with E-state index in [9.17, 15) is 27.6 Å². The number of ether oxygens (including phenoxy) is 1. The minimum absolute atomic E-state index is 0.0550. The zero-order valence-corrected chi connectivity index (χ0v) is 29.9. The van der Waals surface area contributed by atoms with Crippen molar-refractivity contribution in [1.29, 1.82) is 0 Å². The molecular formula is C41H44F3N5O4. The Morgan fingerprint density at radius 3 is 2.17 bits per heavy atom. The zero-order valence-electron chi connectivity index (χ0n) is 29.9. The minimum Gasteiger partial charge on any atom is -0.373 e. The van der Waals surface area contributed by atoms with Crippen LogP contribution < -0.4 is 4.90 Å². The number of halogens is 3. The molecule has 1 fully saturated rings. The van der Waals surface area contributed by atoms with Crippen molar-refractivity contribution < 1.29 is 32.3 Å². The lowest BCUT2D eigenvalue weighted by molar-refractivity contribution is -0.143. The van der Waals surface area contributed by atoms with Crippen LogP contribution in [0, 0.1) is 0 Å². The standard InChI is InChI=1S/C41H44F3N5O4/c1-31(50)47-22-24-48(25-23-47)37-18-13-34(14-19-37)29-49(39(51)20-15-32-11-16-35(17-12-32)41(42,43)44)38(28-33-8-4-3-5-9-33)40(52)46(2)26-27-53-30-36-10-6-7-21-45-36/h3-21,38H,22-30H2,1-2H3/t38-/m0/s1. The lowest BCUT2D eigenvalue weighted by Gasteiger charge is -2.36. The number of hydrogen-bond acceptors (Lipinski definition) is 6. The van der Waals surface area contributed by atoms with Crippen molar-refractivity contribution in [3.05, 3.63) is 137 Å².